The zero-order valence-corrected chi connectivity index (χ0v) is 16.6. The van der Waals surface area contributed by atoms with Crippen LogP contribution in [0.15, 0.2) is 72.8 Å². The molecule has 1 unspecified atom stereocenters. The molecule has 150 valence electrons. The molecule has 30 heavy (non-hydrogen) atoms. The SMILES string of the molecule is O=C(C1COc2ccccc2O1)N(Cc1ccccc1)c1nc2ccc(F)cc2s1. The summed E-state index contributed by atoms with van der Waals surface area (Å²) in [6, 6.07) is 21.3. The fourth-order valence-electron chi connectivity index (χ4n) is 3.32. The molecular formula is C23H17FN2O3S. The van der Waals surface area contributed by atoms with Crippen molar-refractivity contribution in [3.8, 4) is 11.5 Å². The highest BCUT2D eigenvalue weighted by Crippen LogP contribution is 2.34. The van der Waals surface area contributed by atoms with Gasteiger partial charge in [0.05, 0.1) is 16.8 Å². The third-order valence-electron chi connectivity index (χ3n) is 4.80. The highest BCUT2D eigenvalue weighted by atomic mass is 32.1. The van der Waals surface area contributed by atoms with E-state index in [0.29, 0.717) is 33.4 Å². The number of rotatable bonds is 4. The zero-order valence-electron chi connectivity index (χ0n) is 15.8. The number of aromatic nitrogens is 1. The minimum absolute atomic E-state index is 0.112. The largest absolute Gasteiger partial charge is 0.485 e. The van der Waals surface area contributed by atoms with E-state index in [9.17, 15) is 9.18 Å². The number of carbonyl (C=O) groups excluding carboxylic acids is 1. The molecule has 0 fully saturated rings. The van der Waals surface area contributed by atoms with Gasteiger partial charge in [0.2, 0.25) is 6.10 Å². The Labute approximate surface area is 176 Å². The Bertz CT molecular complexity index is 1210. The van der Waals surface area contributed by atoms with E-state index in [1.165, 1.54) is 23.5 Å². The van der Waals surface area contributed by atoms with Gasteiger partial charge in [-0.3, -0.25) is 9.69 Å². The van der Waals surface area contributed by atoms with Crippen molar-refractivity contribution in [3.05, 3.63) is 84.2 Å². The van der Waals surface area contributed by atoms with Gasteiger partial charge in [-0.15, -0.1) is 0 Å². The molecule has 1 atom stereocenters. The first-order valence-corrected chi connectivity index (χ1v) is 10.3. The minimum atomic E-state index is -0.799. The van der Waals surface area contributed by atoms with E-state index < -0.39 is 6.10 Å². The molecule has 0 spiro atoms. The summed E-state index contributed by atoms with van der Waals surface area (Å²) in [7, 11) is 0. The molecule has 1 amide bonds. The van der Waals surface area contributed by atoms with Crippen molar-refractivity contribution in [1.29, 1.82) is 0 Å². The van der Waals surface area contributed by atoms with E-state index >= 15 is 0 Å². The predicted molar refractivity (Wildman–Crippen MR) is 114 cm³/mol. The predicted octanol–water partition coefficient (Wildman–Crippen LogP) is 4.81. The summed E-state index contributed by atoms with van der Waals surface area (Å²) in [5, 5.41) is 0.493. The van der Waals surface area contributed by atoms with Crippen LogP contribution < -0.4 is 14.4 Å². The maximum Gasteiger partial charge on any atom is 0.273 e. The first-order valence-electron chi connectivity index (χ1n) is 9.47. The van der Waals surface area contributed by atoms with Gasteiger partial charge in [-0.2, -0.15) is 0 Å². The number of hydrogen-bond acceptors (Lipinski definition) is 5. The van der Waals surface area contributed by atoms with Crippen molar-refractivity contribution in [3.63, 3.8) is 0 Å². The normalized spacial score (nSPS) is 15.2. The Balaban J connectivity index is 1.49. The topological polar surface area (TPSA) is 51.7 Å². The molecule has 0 radical (unpaired) electrons. The molecule has 3 aromatic carbocycles. The Kier molecular flexibility index (Phi) is 4.80. The highest BCUT2D eigenvalue weighted by Gasteiger charge is 2.33. The van der Waals surface area contributed by atoms with Crippen LogP contribution >= 0.6 is 11.3 Å². The zero-order chi connectivity index (χ0) is 20.5. The standard InChI is InChI=1S/C23H17FN2O3S/c24-16-10-11-17-21(12-16)30-23(25-17)26(13-15-6-2-1-3-7-15)22(27)20-14-28-18-8-4-5-9-19(18)29-20/h1-12,20H,13-14H2. The lowest BCUT2D eigenvalue weighted by atomic mass is 10.2. The van der Waals surface area contributed by atoms with Crippen molar-refractivity contribution in [2.45, 2.75) is 12.6 Å². The van der Waals surface area contributed by atoms with E-state index in [4.69, 9.17) is 9.47 Å². The van der Waals surface area contributed by atoms with Gasteiger partial charge in [0, 0.05) is 0 Å². The van der Waals surface area contributed by atoms with Gasteiger partial charge >= 0.3 is 0 Å². The van der Waals surface area contributed by atoms with Crippen LogP contribution in [-0.2, 0) is 11.3 Å². The second-order valence-corrected chi connectivity index (χ2v) is 7.89. The minimum Gasteiger partial charge on any atom is -0.485 e. The molecule has 0 N–H and O–H groups in total. The van der Waals surface area contributed by atoms with Gasteiger partial charge in [0.1, 0.15) is 12.4 Å². The molecule has 7 heteroatoms. The average Bonchev–Trinajstić information content (AvgIpc) is 3.20. The number of anilines is 1. The highest BCUT2D eigenvalue weighted by molar-refractivity contribution is 7.22. The van der Waals surface area contributed by atoms with Crippen LogP contribution in [0.2, 0.25) is 0 Å². The molecule has 5 nitrogen and oxygen atoms in total. The van der Waals surface area contributed by atoms with E-state index in [-0.39, 0.29) is 18.3 Å². The monoisotopic (exact) mass is 420 g/mol. The molecule has 0 saturated carbocycles. The fraction of sp³-hybridized carbons (Fsp3) is 0.130. The number of benzene rings is 3. The van der Waals surface area contributed by atoms with Crippen molar-refractivity contribution >= 4 is 32.6 Å². The Morgan fingerprint density at radius 3 is 2.67 bits per heavy atom. The van der Waals surface area contributed by atoms with E-state index in [0.717, 1.165) is 5.56 Å². The molecule has 4 aromatic rings. The van der Waals surface area contributed by atoms with Crippen LogP contribution in [-0.4, -0.2) is 23.6 Å². The lowest BCUT2D eigenvalue weighted by Gasteiger charge is -2.29. The summed E-state index contributed by atoms with van der Waals surface area (Å²) in [6.07, 6.45) is -0.799. The van der Waals surface area contributed by atoms with Gasteiger partial charge in [-0.1, -0.05) is 53.8 Å². The fourth-order valence-corrected chi connectivity index (χ4v) is 4.32. The Morgan fingerprint density at radius 2 is 1.83 bits per heavy atom. The van der Waals surface area contributed by atoms with Gasteiger partial charge < -0.3 is 9.47 Å². The van der Waals surface area contributed by atoms with E-state index in [1.54, 1.807) is 23.1 Å². The van der Waals surface area contributed by atoms with Gasteiger partial charge in [-0.05, 0) is 35.9 Å². The lowest BCUT2D eigenvalue weighted by Crippen LogP contribution is -2.46. The van der Waals surface area contributed by atoms with Crippen LogP contribution in [0.1, 0.15) is 5.56 Å². The molecule has 0 aliphatic carbocycles. The molecule has 1 aliphatic rings. The van der Waals surface area contributed by atoms with Crippen LogP contribution in [0.25, 0.3) is 10.2 Å². The second-order valence-electron chi connectivity index (χ2n) is 6.88. The van der Waals surface area contributed by atoms with Crippen molar-refractivity contribution in [2.75, 3.05) is 11.5 Å². The number of halogens is 1. The van der Waals surface area contributed by atoms with Crippen molar-refractivity contribution < 1.29 is 18.7 Å². The maximum atomic E-state index is 13.6. The molecule has 0 saturated heterocycles. The van der Waals surface area contributed by atoms with Crippen LogP contribution in [0, 0.1) is 5.82 Å². The molecule has 1 aromatic heterocycles. The number of amides is 1. The van der Waals surface area contributed by atoms with Crippen molar-refractivity contribution in [2.24, 2.45) is 0 Å². The van der Waals surface area contributed by atoms with Gasteiger partial charge in [0.25, 0.3) is 5.91 Å². The van der Waals surface area contributed by atoms with E-state index in [2.05, 4.69) is 4.98 Å². The Morgan fingerprint density at radius 1 is 1.07 bits per heavy atom. The smallest absolute Gasteiger partial charge is 0.273 e. The number of fused-ring (bicyclic) bond motifs is 2. The third kappa shape index (κ3) is 3.59. The number of para-hydroxylation sites is 2. The summed E-state index contributed by atoms with van der Waals surface area (Å²) in [5.41, 5.74) is 1.60. The third-order valence-corrected chi connectivity index (χ3v) is 5.84. The number of thiazole rings is 1. The van der Waals surface area contributed by atoms with Crippen LogP contribution in [0.4, 0.5) is 9.52 Å². The van der Waals surface area contributed by atoms with E-state index in [1.807, 2.05) is 42.5 Å². The second kappa shape index (κ2) is 7.76. The molecule has 1 aliphatic heterocycles. The number of nitrogens with zero attached hydrogens (tertiary/aromatic N) is 2. The van der Waals surface area contributed by atoms with Gasteiger partial charge in [-0.25, -0.2) is 9.37 Å². The summed E-state index contributed by atoms with van der Waals surface area (Å²) in [5.74, 6) is 0.562. The molecule has 0 bridgehead atoms. The number of carbonyl (C=O) groups is 1. The Hall–Kier alpha value is -3.45. The maximum absolute atomic E-state index is 13.6. The van der Waals surface area contributed by atoms with Crippen LogP contribution in [0.3, 0.4) is 0 Å². The molecule has 2 heterocycles. The van der Waals surface area contributed by atoms with Gasteiger partial charge in [0.15, 0.2) is 16.6 Å². The molecule has 5 rings (SSSR count). The summed E-state index contributed by atoms with van der Waals surface area (Å²) in [6.45, 7) is 0.435. The summed E-state index contributed by atoms with van der Waals surface area (Å²) in [4.78, 5) is 19.6. The number of ether oxygens (including phenoxy) is 2. The van der Waals surface area contributed by atoms with Crippen LogP contribution in [0.5, 0.6) is 11.5 Å². The molecular weight excluding hydrogens is 403 g/mol. The summed E-state index contributed by atoms with van der Waals surface area (Å²) < 4.78 is 26.0. The summed E-state index contributed by atoms with van der Waals surface area (Å²) >= 11 is 1.27. The first-order chi connectivity index (χ1) is 14.7. The number of hydrogen-bond donors (Lipinski definition) is 0. The lowest BCUT2D eigenvalue weighted by molar-refractivity contribution is -0.127. The van der Waals surface area contributed by atoms with Crippen molar-refractivity contribution in [1.82, 2.24) is 4.98 Å². The quantitative estimate of drug-likeness (QED) is 0.476. The average molecular weight is 420 g/mol. The first kappa shape index (κ1) is 18.6.